The molecule has 1 aromatic heterocycles. The summed E-state index contributed by atoms with van der Waals surface area (Å²) in [7, 11) is 0. The van der Waals surface area contributed by atoms with Crippen LogP contribution in [0, 0.1) is 23.3 Å². The van der Waals surface area contributed by atoms with E-state index in [0.29, 0.717) is 12.1 Å². The lowest BCUT2D eigenvalue weighted by molar-refractivity contribution is 0.0498. The van der Waals surface area contributed by atoms with Gasteiger partial charge >= 0.3 is 0 Å². The van der Waals surface area contributed by atoms with E-state index in [4.69, 9.17) is 0 Å². The minimum Gasteiger partial charge on any atom is -0.378 e. The fourth-order valence-electron chi connectivity index (χ4n) is 2.51. The maximum atomic E-state index is 14.2. The smallest absolute Gasteiger partial charge is 0.140 e. The summed E-state index contributed by atoms with van der Waals surface area (Å²) in [4.78, 5) is 3.70. The minimum absolute atomic E-state index is 0.370. The van der Waals surface area contributed by atoms with Crippen molar-refractivity contribution in [3.63, 3.8) is 0 Å². The molecule has 2 aromatic carbocycles. The fourth-order valence-corrected chi connectivity index (χ4v) is 2.51. The number of rotatable bonds is 4. The van der Waals surface area contributed by atoms with Crippen molar-refractivity contribution >= 4 is 0 Å². The van der Waals surface area contributed by atoms with Crippen LogP contribution in [-0.4, -0.2) is 19.9 Å². The summed E-state index contributed by atoms with van der Waals surface area (Å²) in [5, 5.41) is 14.9. The van der Waals surface area contributed by atoms with Gasteiger partial charge in [0.1, 0.15) is 41.5 Å². The van der Waals surface area contributed by atoms with Gasteiger partial charge in [-0.25, -0.2) is 27.2 Å². The van der Waals surface area contributed by atoms with E-state index in [0.717, 1.165) is 28.9 Å². The molecule has 0 spiro atoms. The first-order chi connectivity index (χ1) is 11.4. The first-order valence-electron chi connectivity index (χ1n) is 6.86. The zero-order valence-electron chi connectivity index (χ0n) is 12.1. The molecule has 3 rings (SSSR count). The van der Waals surface area contributed by atoms with Gasteiger partial charge in [0.25, 0.3) is 0 Å². The second kappa shape index (κ2) is 6.04. The number of hydrogen-bond donors (Lipinski definition) is 1. The number of aliphatic hydroxyl groups is 1. The van der Waals surface area contributed by atoms with Crippen LogP contribution in [0.25, 0.3) is 0 Å². The average Bonchev–Trinajstić information content (AvgIpc) is 2.99. The van der Waals surface area contributed by atoms with E-state index in [1.165, 1.54) is 12.7 Å². The lowest BCUT2D eigenvalue weighted by Crippen LogP contribution is -2.35. The third-order valence-electron chi connectivity index (χ3n) is 3.61. The van der Waals surface area contributed by atoms with Crippen molar-refractivity contribution < 1.29 is 22.7 Å². The highest BCUT2D eigenvalue weighted by molar-refractivity contribution is 5.38. The van der Waals surface area contributed by atoms with E-state index >= 15 is 0 Å². The molecule has 0 radical (unpaired) electrons. The van der Waals surface area contributed by atoms with Gasteiger partial charge in [0.2, 0.25) is 0 Å². The first kappa shape index (κ1) is 16.1. The summed E-state index contributed by atoms with van der Waals surface area (Å²) in [6, 6.07) is 5.03. The van der Waals surface area contributed by atoms with Gasteiger partial charge in [-0.1, -0.05) is 0 Å². The molecule has 8 heteroatoms. The molecule has 0 aliphatic rings. The molecule has 0 bridgehead atoms. The van der Waals surface area contributed by atoms with Crippen LogP contribution in [0.2, 0.25) is 0 Å². The Hall–Kier alpha value is -2.74. The SMILES string of the molecule is OC(Cn1cncn1)(c1ccc(F)cc1F)c1ccc(F)cc1F. The van der Waals surface area contributed by atoms with Crippen LogP contribution >= 0.6 is 0 Å². The molecule has 4 nitrogen and oxygen atoms in total. The zero-order valence-corrected chi connectivity index (χ0v) is 12.1. The molecule has 124 valence electrons. The Morgan fingerprint density at radius 3 is 1.88 bits per heavy atom. The van der Waals surface area contributed by atoms with Crippen molar-refractivity contribution in [2.45, 2.75) is 12.1 Å². The molecular weight excluding hydrogens is 326 g/mol. The van der Waals surface area contributed by atoms with Crippen LogP contribution < -0.4 is 0 Å². The molecule has 0 atom stereocenters. The van der Waals surface area contributed by atoms with Crippen LogP contribution in [0.15, 0.2) is 49.1 Å². The Morgan fingerprint density at radius 1 is 0.917 bits per heavy atom. The summed E-state index contributed by atoms with van der Waals surface area (Å²) >= 11 is 0. The molecule has 0 amide bonds. The summed E-state index contributed by atoms with van der Waals surface area (Å²) in [5.41, 5.74) is -2.99. The Balaban J connectivity index is 2.20. The summed E-state index contributed by atoms with van der Waals surface area (Å²) in [6.45, 7) is -0.405. The molecule has 1 heterocycles. The predicted octanol–water partition coefficient (Wildman–Crippen LogP) is 2.77. The van der Waals surface area contributed by atoms with Crippen LogP contribution in [0.3, 0.4) is 0 Å². The number of aromatic nitrogens is 3. The van der Waals surface area contributed by atoms with Gasteiger partial charge in [0.15, 0.2) is 0 Å². The lowest BCUT2D eigenvalue weighted by Gasteiger charge is -2.29. The van der Waals surface area contributed by atoms with Crippen LogP contribution in [0.4, 0.5) is 17.6 Å². The van der Waals surface area contributed by atoms with E-state index in [2.05, 4.69) is 10.1 Å². The highest BCUT2D eigenvalue weighted by atomic mass is 19.1. The monoisotopic (exact) mass is 337 g/mol. The minimum atomic E-state index is -2.25. The number of nitrogens with zero attached hydrogens (tertiary/aromatic N) is 3. The molecule has 0 aliphatic carbocycles. The van der Waals surface area contributed by atoms with Crippen molar-refractivity contribution in [3.8, 4) is 0 Å². The fraction of sp³-hybridized carbons (Fsp3) is 0.125. The van der Waals surface area contributed by atoms with Crippen molar-refractivity contribution in [2.24, 2.45) is 0 Å². The summed E-state index contributed by atoms with van der Waals surface area (Å²) in [5.74, 6) is -3.83. The van der Waals surface area contributed by atoms with Gasteiger partial charge in [-0.2, -0.15) is 5.10 Å². The normalized spacial score (nSPS) is 11.7. The second-order valence-electron chi connectivity index (χ2n) is 5.20. The number of halogens is 4. The molecular formula is C16H11F4N3O. The van der Waals surface area contributed by atoms with Crippen molar-refractivity contribution in [1.29, 1.82) is 0 Å². The van der Waals surface area contributed by atoms with Gasteiger partial charge in [-0.15, -0.1) is 0 Å². The van der Waals surface area contributed by atoms with Gasteiger partial charge in [0, 0.05) is 23.3 Å². The Labute approximate surface area is 134 Å². The van der Waals surface area contributed by atoms with E-state index in [-0.39, 0.29) is 11.1 Å². The third-order valence-corrected chi connectivity index (χ3v) is 3.61. The molecule has 3 aromatic rings. The maximum absolute atomic E-state index is 14.2. The van der Waals surface area contributed by atoms with Crippen molar-refractivity contribution in [1.82, 2.24) is 14.8 Å². The molecule has 24 heavy (non-hydrogen) atoms. The second-order valence-corrected chi connectivity index (χ2v) is 5.20. The largest absolute Gasteiger partial charge is 0.378 e. The molecule has 1 N–H and O–H groups in total. The van der Waals surface area contributed by atoms with E-state index < -0.39 is 35.4 Å². The maximum Gasteiger partial charge on any atom is 0.140 e. The van der Waals surface area contributed by atoms with Crippen LogP contribution in [0.1, 0.15) is 11.1 Å². The highest BCUT2D eigenvalue weighted by Gasteiger charge is 2.38. The number of hydrogen-bond acceptors (Lipinski definition) is 3. The van der Waals surface area contributed by atoms with E-state index in [9.17, 15) is 22.7 Å². The molecule has 0 unspecified atom stereocenters. The van der Waals surface area contributed by atoms with Crippen LogP contribution in [-0.2, 0) is 12.1 Å². The topological polar surface area (TPSA) is 50.9 Å². The van der Waals surface area contributed by atoms with Gasteiger partial charge < -0.3 is 5.11 Å². The molecule has 0 fully saturated rings. The van der Waals surface area contributed by atoms with Gasteiger partial charge in [-0.3, -0.25) is 0 Å². The van der Waals surface area contributed by atoms with Gasteiger partial charge in [-0.05, 0) is 24.3 Å². The molecule has 0 saturated carbocycles. The third kappa shape index (κ3) is 2.88. The zero-order chi connectivity index (χ0) is 17.3. The highest BCUT2D eigenvalue weighted by Crippen LogP contribution is 2.35. The lowest BCUT2D eigenvalue weighted by atomic mass is 9.85. The Kier molecular flexibility index (Phi) is 4.06. The average molecular weight is 337 g/mol. The number of benzene rings is 2. The molecule has 0 saturated heterocycles. The van der Waals surface area contributed by atoms with Crippen molar-refractivity contribution in [2.75, 3.05) is 0 Å². The van der Waals surface area contributed by atoms with E-state index in [1.807, 2.05) is 0 Å². The standard InChI is InChI=1S/C16H11F4N3O/c17-10-1-3-12(14(19)5-10)16(24,7-23-9-21-8-22-23)13-4-2-11(18)6-15(13)20/h1-6,8-9,24H,7H2. The van der Waals surface area contributed by atoms with Crippen molar-refractivity contribution in [3.05, 3.63) is 83.4 Å². The predicted molar refractivity (Wildman–Crippen MR) is 75.7 cm³/mol. The Morgan fingerprint density at radius 2 is 1.46 bits per heavy atom. The first-order valence-corrected chi connectivity index (χ1v) is 6.86. The van der Waals surface area contributed by atoms with Crippen LogP contribution in [0.5, 0.6) is 0 Å². The van der Waals surface area contributed by atoms with Gasteiger partial charge in [0.05, 0.1) is 6.54 Å². The summed E-state index contributed by atoms with van der Waals surface area (Å²) < 4.78 is 56.0. The molecule has 0 aliphatic heterocycles. The van der Waals surface area contributed by atoms with E-state index in [1.54, 1.807) is 0 Å². The summed E-state index contributed by atoms with van der Waals surface area (Å²) in [6.07, 6.45) is 2.43. The quantitative estimate of drug-likeness (QED) is 0.745. The Bertz CT molecular complexity index is 816.